The lowest BCUT2D eigenvalue weighted by atomic mass is 10.0. The molecule has 1 fully saturated rings. The number of benzene rings is 3. The highest BCUT2D eigenvalue weighted by Gasteiger charge is 2.23. The number of likely N-dealkylation sites (N-methyl/N-ethyl adjacent to an activating group) is 1. The van der Waals surface area contributed by atoms with E-state index in [1.54, 1.807) is 0 Å². The Labute approximate surface area is 208 Å². The van der Waals surface area contributed by atoms with Gasteiger partial charge in [0.1, 0.15) is 6.10 Å². The Balaban J connectivity index is 1.18. The summed E-state index contributed by atoms with van der Waals surface area (Å²) in [6.07, 6.45) is 0.689. The molecule has 4 rings (SSSR count). The summed E-state index contributed by atoms with van der Waals surface area (Å²) in [5.74, 6) is 0. The van der Waals surface area contributed by atoms with Crippen molar-refractivity contribution in [1.29, 1.82) is 0 Å². The maximum atomic E-state index is 12.6. The molecule has 6 nitrogen and oxygen atoms in total. The van der Waals surface area contributed by atoms with E-state index in [-0.39, 0.29) is 6.10 Å². The molecule has 0 radical (unpaired) electrons. The van der Waals surface area contributed by atoms with Gasteiger partial charge in [-0.25, -0.2) is 4.79 Å². The minimum Gasteiger partial charge on any atom is -0.446 e. The van der Waals surface area contributed by atoms with Crippen LogP contribution in [0.5, 0.6) is 0 Å². The van der Waals surface area contributed by atoms with Crippen LogP contribution < -0.4 is 5.32 Å². The van der Waals surface area contributed by atoms with Gasteiger partial charge in [0.15, 0.2) is 0 Å². The predicted octanol–water partition coefficient (Wildman–Crippen LogP) is 5.03. The summed E-state index contributed by atoms with van der Waals surface area (Å²) in [5.41, 5.74) is 3.73. The molecule has 0 aliphatic carbocycles. The Morgan fingerprint density at radius 2 is 1.63 bits per heavy atom. The first-order valence-electron chi connectivity index (χ1n) is 12.3. The number of piperidine rings is 1. The number of amides is 1. The van der Waals surface area contributed by atoms with Gasteiger partial charge in [0.2, 0.25) is 0 Å². The van der Waals surface area contributed by atoms with Gasteiger partial charge in [0, 0.05) is 38.3 Å². The second-order valence-electron chi connectivity index (χ2n) is 9.17. The van der Waals surface area contributed by atoms with E-state index in [0.29, 0.717) is 6.54 Å². The number of carbonyl (C=O) groups is 1. The van der Waals surface area contributed by atoms with Crippen LogP contribution in [-0.2, 0) is 4.74 Å². The van der Waals surface area contributed by atoms with Gasteiger partial charge in [-0.2, -0.15) is 0 Å². The van der Waals surface area contributed by atoms with Gasteiger partial charge in [-0.05, 0) is 37.1 Å². The van der Waals surface area contributed by atoms with Crippen LogP contribution in [0.4, 0.5) is 10.5 Å². The first-order valence-corrected chi connectivity index (χ1v) is 12.3. The molecule has 35 heavy (non-hydrogen) atoms. The number of aliphatic hydroxyl groups excluding tert-OH is 1. The summed E-state index contributed by atoms with van der Waals surface area (Å²) in [4.78, 5) is 17.2. The molecule has 3 aromatic carbocycles. The first kappa shape index (κ1) is 24.9. The average molecular weight is 474 g/mol. The van der Waals surface area contributed by atoms with E-state index in [9.17, 15) is 9.90 Å². The lowest BCUT2D eigenvalue weighted by Gasteiger charge is -2.33. The highest BCUT2D eigenvalue weighted by Crippen LogP contribution is 2.28. The average Bonchev–Trinajstić information content (AvgIpc) is 2.89. The number of hydrogen-bond acceptors (Lipinski definition) is 5. The topological polar surface area (TPSA) is 65.0 Å². The number of aliphatic hydroxyl groups is 1. The molecule has 2 N–H and O–H groups in total. The van der Waals surface area contributed by atoms with Gasteiger partial charge in [-0.15, -0.1) is 0 Å². The highest BCUT2D eigenvalue weighted by atomic mass is 16.6. The fraction of sp³-hybridized carbons (Fsp3) is 0.345. The Kier molecular flexibility index (Phi) is 8.90. The number of nitrogens with zero attached hydrogens (tertiary/aromatic N) is 2. The minimum absolute atomic E-state index is 0.0761. The molecule has 6 heteroatoms. The second-order valence-corrected chi connectivity index (χ2v) is 9.17. The van der Waals surface area contributed by atoms with Crippen molar-refractivity contribution >= 4 is 11.8 Å². The van der Waals surface area contributed by atoms with Crippen LogP contribution in [0.25, 0.3) is 11.1 Å². The quantitative estimate of drug-likeness (QED) is 0.456. The summed E-state index contributed by atoms with van der Waals surface area (Å²) in [5, 5.41) is 13.4. The van der Waals surface area contributed by atoms with E-state index in [1.165, 1.54) is 0 Å². The lowest BCUT2D eigenvalue weighted by Crippen LogP contribution is -2.42. The number of likely N-dealkylation sites (tertiary alicyclic amines) is 1. The van der Waals surface area contributed by atoms with Gasteiger partial charge in [-0.3, -0.25) is 5.32 Å². The molecular weight excluding hydrogens is 438 g/mol. The Bertz CT molecular complexity index is 1050. The van der Waals surface area contributed by atoms with Gasteiger partial charge in [0.05, 0.1) is 11.8 Å². The molecule has 1 amide bonds. The zero-order chi connectivity index (χ0) is 24.5. The molecule has 1 saturated heterocycles. The molecule has 0 saturated carbocycles. The molecule has 3 aromatic rings. The number of anilines is 1. The van der Waals surface area contributed by atoms with Crippen LogP contribution in [0.2, 0.25) is 0 Å². The van der Waals surface area contributed by atoms with E-state index >= 15 is 0 Å². The smallest absolute Gasteiger partial charge is 0.411 e. The normalized spacial score (nSPS) is 15.6. The Morgan fingerprint density at radius 3 is 2.34 bits per heavy atom. The standard InChI is InChI=1S/C29H35N3O3/c1-31(22-28(33)24-12-6-3-7-13-24)20-21-32-18-16-25(17-19-32)35-29(34)30-27-15-9-8-14-26(27)23-10-4-2-5-11-23/h2-15,25,28,33H,16-22H2,1H3,(H,30,34). The zero-order valence-electron chi connectivity index (χ0n) is 20.3. The van der Waals surface area contributed by atoms with E-state index in [2.05, 4.69) is 15.1 Å². The third-order valence-corrected chi connectivity index (χ3v) is 6.52. The van der Waals surface area contributed by atoms with Crippen LogP contribution in [-0.4, -0.2) is 66.9 Å². The SMILES string of the molecule is CN(CCN1CCC(OC(=O)Nc2ccccc2-c2ccccc2)CC1)CC(O)c1ccccc1. The number of nitrogens with one attached hydrogen (secondary N) is 1. The zero-order valence-corrected chi connectivity index (χ0v) is 20.3. The third kappa shape index (κ3) is 7.39. The van der Waals surface area contributed by atoms with Gasteiger partial charge in [0.25, 0.3) is 0 Å². The lowest BCUT2D eigenvalue weighted by molar-refractivity contribution is 0.0542. The predicted molar refractivity (Wildman–Crippen MR) is 140 cm³/mol. The summed E-state index contributed by atoms with van der Waals surface area (Å²) < 4.78 is 5.74. The van der Waals surface area contributed by atoms with Gasteiger partial charge in [-0.1, -0.05) is 78.9 Å². The summed E-state index contributed by atoms with van der Waals surface area (Å²) in [7, 11) is 2.04. The van der Waals surface area contributed by atoms with Crippen molar-refractivity contribution in [3.63, 3.8) is 0 Å². The molecule has 1 aliphatic heterocycles. The maximum absolute atomic E-state index is 12.6. The number of rotatable bonds is 9. The van der Waals surface area contributed by atoms with Crippen LogP contribution >= 0.6 is 0 Å². The summed E-state index contributed by atoms with van der Waals surface area (Å²) in [6, 6.07) is 27.6. The van der Waals surface area contributed by atoms with Crippen molar-refractivity contribution in [3.8, 4) is 11.1 Å². The summed E-state index contributed by atoms with van der Waals surface area (Å²) >= 11 is 0. The van der Waals surface area contributed by atoms with Crippen molar-refractivity contribution < 1.29 is 14.6 Å². The van der Waals surface area contributed by atoms with Crippen molar-refractivity contribution in [2.45, 2.75) is 25.0 Å². The van der Waals surface area contributed by atoms with E-state index in [1.807, 2.05) is 92.0 Å². The van der Waals surface area contributed by atoms with Crippen LogP contribution in [0.15, 0.2) is 84.9 Å². The monoisotopic (exact) mass is 473 g/mol. The summed E-state index contributed by atoms with van der Waals surface area (Å²) in [6.45, 7) is 4.21. The molecule has 1 heterocycles. The van der Waals surface area contributed by atoms with Gasteiger partial charge >= 0.3 is 6.09 Å². The number of carbonyl (C=O) groups excluding carboxylic acids is 1. The molecular formula is C29H35N3O3. The number of ether oxygens (including phenoxy) is 1. The van der Waals surface area contributed by atoms with Crippen LogP contribution in [0.3, 0.4) is 0 Å². The number of para-hydroxylation sites is 1. The fourth-order valence-corrected chi connectivity index (χ4v) is 4.48. The van der Waals surface area contributed by atoms with E-state index in [0.717, 1.165) is 61.4 Å². The van der Waals surface area contributed by atoms with Crippen molar-refractivity contribution in [1.82, 2.24) is 9.80 Å². The Hall–Kier alpha value is -3.19. The van der Waals surface area contributed by atoms with E-state index < -0.39 is 12.2 Å². The first-order chi connectivity index (χ1) is 17.1. The molecule has 0 bridgehead atoms. The molecule has 0 spiro atoms. The molecule has 184 valence electrons. The molecule has 1 aliphatic rings. The fourth-order valence-electron chi connectivity index (χ4n) is 4.48. The van der Waals surface area contributed by atoms with Crippen molar-refractivity contribution in [2.75, 3.05) is 45.1 Å². The minimum atomic E-state index is -0.481. The van der Waals surface area contributed by atoms with Crippen LogP contribution in [0.1, 0.15) is 24.5 Å². The van der Waals surface area contributed by atoms with Crippen molar-refractivity contribution in [2.24, 2.45) is 0 Å². The number of hydrogen-bond donors (Lipinski definition) is 2. The van der Waals surface area contributed by atoms with Crippen molar-refractivity contribution in [3.05, 3.63) is 90.5 Å². The largest absolute Gasteiger partial charge is 0.446 e. The van der Waals surface area contributed by atoms with Crippen LogP contribution in [0, 0.1) is 0 Å². The van der Waals surface area contributed by atoms with Gasteiger partial charge < -0.3 is 19.6 Å². The molecule has 1 unspecified atom stereocenters. The molecule has 1 atom stereocenters. The second kappa shape index (κ2) is 12.5. The van der Waals surface area contributed by atoms with E-state index in [4.69, 9.17) is 4.74 Å². The maximum Gasteiger partial charge on any atom is 0.411 e. The molecule has 0 aromatic heterocycles. The third-order valence-electron chi connectivity index (χ3n) is 6.52. The Morgan fingerprint density at radius 1 is 1.00 bits per heavy atom. The highest BCUT2D eigenvalue weighted by molar-refractivity contribution is 5.91.